The van der Waals surface area contributed by atoms with Crippen LogP contribution in [0.5, 0.6) is 0 Å². The average molecular weight is 241 g/mol. The number of hydrogen-bond acceptors (Lipinski definition) is 2. The third-order valence-corrected chi connectivity index (χ3v) is 3.20. The molecular weight excluding hydrogens is 225 g/mol. The van der Waals surface area contributed by atoms with Crippen molar-refractivity contribution in [2.45, 2.75) is 26.0 Å². The molecule has 4 heteroatoms. The molecule has 16 heavy (non-hydrogen) atoms. The number of benzene rings is 1. The van der Waals surface area contributed by atoms with E-state index in [9.17, 15) is 9.18 Å². The summed E-state index contributed by atoms with van der Waals surface area (Å²) in [5.41, 5.74) is 0.949. The van der Waals surface area contributed by atoms with Crippen LogP contribution < -0.4 is 5.32 Å². The maximum Gasteiger partial charge on any atom is 0.237 e. The minimum atomic E-state index is -0.431. The Morgan fingerprint density at radius 3 is 2.56 bits per heavy atom. The van der Waals surface area contributed by atoms with Crippen LogP contribution in [-0.4, -0.2) is 11.2 Å². The van der Waals surface area contributed by atoms with E-state index in [1.807, 2.05) is 13.8 Å². The summed E-state index contributed by atoms with van der Waals surface area (Å²) in [6.07, 6.45) is 0. The Kier molecular flexibility index (Phi) is 4.35. The van der Waals surface area contributed by atoms with Gasteiger partial charge in [-0.1, -0.05) is 26.0 Å². The molecule has 0 fully saturated rings. The maximum atomic E-state index is 13.4. The standard InChI is InChI=1S/C12H16FNOS/c1-7(2)11(16)12(15)14-10-8(3)5-4-6-9(10)13/h4-7,11,16H,1-3H3,(H,14,15). The van der Waals surface area contributed by atoms with Crippen LogP contribution in [0.3, 0.4) is 0 Å². The quantitative estimate of drug-likeness (QED) is 0.783. The van der Waals surface area contributed by atoms with Crippen LogP contribution in [0, 0.1) is 18.7 Å². The van der Waals surface area contributed by atoms with Gasteiger partial charge in [-0.05, 0) is 24.5 Å². The molecule has 1 rings (SSSR count). The zero-order chi connectivity index (χ0) is 12.3. The Morgan fingerprint density at radius 2 is 2.06 bits per heavy atom. The van der Waals surface area contributed by atoms with Crippen molar-refractivity contribution < 1.29 is 9.18 Å². The van der Waals surface area contributed by atoms with Gasteiger partial charge in [0.2, 0.25) is 5.91 Å². The molecule has 1 aromatic carbocycles. The second-order valence-corrected chi connectivity index (χ2v) is 4.67. The monoisotopic (exact) mass is 241 g/mol. The third kappa shape index (κ3) is 2.98. The van der Waals surface area contributed by atoms with E-state index in [1.54, 1.807) is 19.1 Å². The molecule has 0 aliphatic heterocycles. The number of hydrogen-bond donors (Lipinski definition) is 2. The summed E-state index contributed by atoms with van der Waals surface area (Å²) < 4.78 is 13.4. The number of para-hydroxylation sites is 1. The number of amides is 1. The van der Waals surface area contributed by atoms with Crippen molar-refractivity contribution >= 4 is 24.2 Å². The van der Waals surface area contributed by atoms with Gasteiger partial charge in [-0.25, -0.2) is 4.39 Å². The lowest BCUT2D eigenvalue weighted by molar-refractivity contribution is -0.116. The van der Waals surface area contributed by atoms with Crippen LogP contribution in [0.4, 0.5) is 10.1 Å². The number of thiol groups is 1. The number of aryl methyl sites for hydroxylation is 1. The zero-order valence-corrected chi connectivity index (χ0v) is 10.5. The van der Waals surface area contributed by atoms with Crippen molar-refractivity contribution in [1.29, 1.82) is 0 Å². The molecule has 88 valence electrons. The van der Waals surface area contributed by atoms with E-state index in [-0.39, 0.29) is 17.5 Å². The second-order valence-electron chi connectivity index (χ2n) is 4.11. The lowest BCUT2D eigenvalue weighted by Gasteiger charge is -2.16. The minimum absolute atomic E-state index is 0.107. The third-order valence-electron chi connectivity index (χ3n) is 2.37. The van der Waals surface area contributed by atoms with E-state index >= 15 is 0 Å². The summed E-state index contributed by atoms with van der Waals surface area (Å²) in [7, 11) is 0. The van der Waals surface area contributed by atoms with Gasteiger partial charge in [-0.15, -0.1) is 0 Å². The Labute approximate surface area is 101 Å². The van der Waals surface area contributed by atoms with Crippen molar-refractivity contribution in [2.24, 2.45) is 5.92 Å². The first-order valence-corrected chi connectivity index (χ1v) is 5.69. The first-order valence-electron chi connectivity index (χ1n) is 5.17. The number of halogens is 1. The molecule has 1 amide bonds. The van der Waals surface area contributed by atoms with E-state index in [0.717, 1.165) is 0 Å². The van der Waals surface area contributed by atoms with Crippen LogP contribution >= 0.6 is 12.6 Å². The lowest BCUT2D eigenvalue weighted by Crippen LogP contribution is -2.28. The van der Waals surface area contributed by atoms with Crippen LogP contribution in [0.1, 0.15) is 19.4 Å². The van der Waals surface area contributed by atoms with Crippen molar-refractivity contribution in [3.05, 3.63) is 29.6 Å². The molecular formula is C12H16FNOS. The highest BCUT2D eigenvalue weighted by atomic mass is 32.1. The number of carbonyl (C=O) groups excluding carboxylic acids is 1. The summed E-state index contributed by atoms with van der Waals surface area (Å²) in [6.45, 7) is 5.54. The van der Waals surface area contributed by atoms with Crippen LogP contribution in [0.25, 0.3) is 0 Å². The van der Waals surface area contributed by atoms with Crippen molar-refractivity contribution in [3.63, 3.8) is 0 Å². The number of anilines is 1. The first kappa shape index (κ1) is 13.0. The number of carbonyl (C=O) groups is 1. The SMILES string of the molecule is Cc1cccc(F)c1NC(=O)C(S)C(C)C. The predicted octanol–water partition coefficient (Wildman–Crippen LogP) is 3.03. The van der Waals surface area contributed by atoms with Gasteiger partial charge in [-0.3, -0.25) is 4.79 Å². The summed E-state index contributed by atoms with van der Waals surface area (Å²) in [6, 6.07) is 4.69. The molecule has 0 radical (unpaired) electrons. The molecule has 0 saturated heterocycles. The second kappa shape index (κ2) is 5.34. The molecule has 0 heterocycles. The van der Waals surface area contributed by atoms with E-state index in [2.05, 4.69) is 17.9 Å². The van der Waals surface area contributed by atoms with E-state index in [0.29, 0.717) is 5.56 Å². The highest BCUT2D eigenvalue weighted by Gasteiger charge is 2.19. The minimum Gasteiger partial charge on any atom is -0.322 e. The van der Waals surface area contributed by atoms with Gasteiger partial charge in [-0.2, -0.15) is 12.6 Å². The molecule has 1 atom stereocenters. The topological polar surface area (TPSA) is 29.1 Å². The number of rotatable bonds is 3. The molecule has 1 N–H and O–H groups in total. The van der Waals surface area contributed by atoms with E-state index in [4.69, 9.17) is 0 Å². The van der Waals surface area contributed by atoms with Gasteiger partial charge in [0.05, 0.1) is 10.9 Å². The fraction of sp³-hybridized carbons (Fsp3) is 0.417. The molecule has 0 saturated carbocycles. The van der Waals surface area contributed by atoms with Gasteiger partial charge in [0.25, 0.3) is 0 Å². The van der Waals surface area contributed by atoms with Gasteiger partial charge in [0.15, 0.2) is 0 Å². The van der Waals surface area contributed by atoms with E-state index in [1.165, 1.54) is 6.07 Å². The van der Waals surface area contributed by atoms with Crippen LogP contribution in [0.2, 0.25) is 0 Å². The van der Waals surface area contributed by atoms with Gasteiger partial charge in [0, 0.05) is 0 Å². The smallest absolute Gasteiger partial charge is 0.237 e. The summed E-state index contributed by atoms with van der Waals surface area (Å²) in [5, 5.41) is 2.14. The fourth-order valence-corrected chi connectivity index (χ4v) is 1.35. The Hall–Kier alpha value is -1.03. The normalized spacial score (nSPS) is 12.6. The largest absolute Gasteiger partial charge is 0.322 e. The highest BCUT2D eigenvalue weighted by Crippen LogP contribution is 2.20. The summed E-state index contributed by atoms with van der Waals surface area (Å²) in [5.74, 6) is -0.584. The van der Waals surface area contributed by atoms with Crippen LogP contribution in [-0.2, 0) is 4.79 Å². The zero-order valence-electron chi connectivity index (χ0n) is 9.62. The summed E-state index contributed by atoms with van der Waals surface area (Å²) in [4.78, 5) is 11.7. The number of nitrogens with one attached hydrogen (secondary N) is 1. The predicted molar refractivity (Wildman–Crippen MR) is 67.4 cm³/mol. The van der Waals surface area contributed by atoms with Crippen LogP contribution in [0.15, 0.2) is 18.2 Å². The van der Waals surface area contributed by atoms with Crippen molar-refractivity contribution in [1.82, 2.24) is 0 Å². The molecule has 0 aromatic heterocycles. The Morgan fingerprint density at radius 1 is 1.44 bits per heavy atom. The highest BCUT2D eigenvalue weighted by molar-refractivity contribution is 7.81. The summed E-state index contributed by atoms with van der Waals surface area (Å²) >= 11 is 4.18. The molecule has 0 spiro atoms. The molecule has 0 aliphatic rings. The van der Waals surface area contributed by atoms with Gasteiger partial charge < -0.3 is 5.32 Å². The van der Waals surface area contributed by atoms with Crippen molar-refractivity contribution in [3.8, 4) is 0 Å². The molecule has 0 bridgehead atoms. The fourth-order valence-electron chi connectivity index (χ4n) is 1.29. The Balaban J connectivity index is 2.85. The molecule has 1 unspecified atom stereocenters. The van der Waals surface area contributed by atoms with Crippen molar-refractivity contribution in [2.75, 3.05) is 5.32 Å². The Bertz CT molecular complexity index is 372. The first-order chi connectivity index (χ1) is 7.43. The molecule has 1 aromatic rings. The van der Waals surface area contributed by atoms with Gasteiger partial charge in [0.1, 0.15) is 5.82 Å². The molecule has 2 nitrogen and oxygen atoms in total. The maximum absolute atomic E-state index is 13.4. The average Bonchev–Trinajstić information content (AvgIpc) is 2.22. The van der Waals surface area contributed by atoms with Gasteiger partial charge >= 0.3 is 0 Å². The molecule has 0 aliphatic carbocycles. The lowest BCUT2D eigenvalue weighted by atomic mass is 10.1. The van der Waals surface area contributed by atoms with E-state index < -0.39 is 11.1 Å².